The molecule has 2 unspecified atom stereocenters. The van der Waals surface area contributed by atoms with Gasteiger partial charge in [0.25, 0.3) is 0 Å². The summed E-state index contributed by atoms with van der Waals surface area (Å²) < 4.78 is 20.6. The van der Waals surface area contributed by atoms with E-state index in [2.05, 4.69) is 10.4 Å². The number of hydrogen-bond donors (Lipinski definition) is 1. The third kappa shape index (κ3) is 3.39. The molecule has 1 saturated carbocycles. The van der Waals surface area contributed by atoms with Crippen LogP contribution < -0.4 is 5.32 Å². The van der Waals surface area contributed by atoms with Crippen LogP contribution in [-0.4, -0.2) is 47.0 Å². The fraction of sp³-hybridized carbons (Fsp3) is 0.524. The lowest BCUT2D eigenvalue weighted by Crippen LogP contribution is -2.51. The number of nitrogens with one attached hydrogen (secondary N) is 1. The number of hydrogen-bond acceptors (Lipinski definition) is 3. The molecule has 1 aromatic carbocycles. The molecule has 4 rings (SSSR count). The quantitative estimate of drug-likeness (QED) is 0.878. The summed E-state index contributed by atoms with van der Waals surface area (Å²) in [5.41, 5.74) is 3.60. The van der Waals surface area contributed by atoms with Gasteiger partial charge in [0, 0.05) is 49.8 Å². The molecule has 0 radical (unpaired) electrons. The second-order valence-electron chi connectivity index (χ2n) is 7.90. The van der Waals surface area contributed by atoms with E-state index in [0.717, 1.165) is 48.6 Å². The van der Waals surface area contributed by atoms with Crippen LogP contribution in [0.1, 0.15) is 29.8 Å². The molecule has 2 bridgehead atoms. The molecule has 6 nitrogen and oxygen atoms in total. The van der Waals surface area contributed by atoms with Crippen molar-refractivity contribution in [3.63, 3.8) is 0 Å². The largest absolute Gasteiger partial charge is 0.381 e. The topological polar surface area (TPSA) is 59.4 Å². The van der Waals surface area contributed by atoms with Gasteiger partial charge in [-0.2, -0.15) is 5.10 Å². The summed E-state index contributed by atoms with van der Waals surface area (Å²) in [6.07, 6.45) is 2.56. The Hall–Kier alpha value is -2.41. The standard InChI is InChI=1S/C21H27FN4O2/c1-13-19(14(2)26(24-13)18-8-6-17(22)7-9-18)10-23-21(27)25-11-15-4-5-16(12-25)20(15)28-3/h6-9,15-16,20H,4-5,10-12H2,1-3H3,(H,23,27). The first-order valence-corrected chi connectivity index (χ1v) is 9.84. The van der Waals surface area contributed by atoms with Crippen LogP contribution >= 0.6 is 0 Å². The van der Waals surface area contributed by atoms with Crippen molar-refractivity contribution in [1.82, 2.24) is 20.0 Å². The molecule has 2 aliphatic rings. The summed E-state index contributed by atoms with van der Waals surface area (Å²) in [4.78, 5) is 14.7. The van der Waals surface area contributed by atoms with Gasteiger partial charge in [-0.25, -0.2) is 13.9 Å². The molecule has 1 aromatic heterocycles. The van der Waals surface area contributed by atoms with E-state index >= 15 is 0 Å². The molecule has 1 N–H and O–H groups in total. The number of carbonyl (C=O) groups excluding carboxylic acids is 1. The number of likely N-dealkylation sites (tertiary alicyclic amines) is 1. The average Bonchev–Trinajstić information content (AvgIpc) is 3.11. The van der Waals surface area contributed by atoms with Gasteiger partial charge in [0.05, 0.1) is 17.5 Å². The molecule has 1 saturated heterocycles. The lowest BCUT2D eigenvalue weighted by Gasteiger charge is -2.37. The van der Waals surface area contributed by atoms with E-state index in [0.29, 0.717) is 24.5 Å². The molecule has 2 atom stereocenters. The number of benzene rings is 1. The highest BCUT2D eigenvalue weighted by atomic mass is 19.1. The molecule has 1 aliphatic carbocycles. The third-order valence-corrected chi connectivity index (χ3v) is 6.24. The van der Waals surface area contributed by atoms with Gasteiger partial charge in [-0.3, -0.25) is 0 Å². The maximum absolute atomic E-state index is 13.2. The van der Waals surface area contributed by atoms with Crippen molar-refractivity contribution in [2.75, 3.05) is 20.2 Å². The van der Waals surface area contributed by atoms with Crippen molar-refractivity contribution in [3.8, 4) is 5.69 Å². The van der Waals surface area contributed by atoms with Crippen LogP contribution in [0, 0.1) is 31.5 Å². The lowest BCUT2D eigenvalue weighted by molar-refractivity contribution is -0.00509. The van der Waals surface area contributed by atoms with Gasteiger partial charge in [-0.05, 0) is 51.0 Å². The van der Waals surface area contributed by atoms with Gasteiger partial charge >= 0.3 is 6.03 Å². The number of halogens is 1. The number of methoxy groups -OCH3 is 1. The van der Waals surface area contributed by atoms with Gasteiger partial charge < -0.3 is 15.0 Å². The van der Waals surface area contributed by atoms with E-state index in [4.69, 9.17) is 4.74 Å². The van der Waals surface area contributed by atoms with Crippen molar-refractivity contribution in [2.45, 2.75) is 39.3 Å². The highest BCUT2D eigenvalue weighted by Gasteiger charge is 2.43. The summed E-state index contributed by atoms with van der Waals surface area (Å²) in [6.45, 7) is 5.84. The van der Waals surface area contributed by atoms with Crippen molar-refractivity contribution in [2.24, 2.45) is 11.8 Å². The normalized spacial score (nSPS) is 23.9. The van der Waals surface area contributed by atoms with Crippen molar-refractivity contribution in [3.05, 3.63) is 47.0 Å². The number of ether oxygens (including phenoxy) is 1. The fourth-order valence-corrected chi connectivity index (χ4v) is 4.76. The lowest BCUT2D eigenvalue weighted by atomic mass is 9.95. The fourth-order valence-electron chi connectivity index (χ4n) is 4.76. The van der Waals surface area contributed by atoms with Gasteiger partial charge in [-0.15, -0.1) is 0 Å². The van der Waals surface area contributed by atoms with Crippen LogP contribution in [0.15, 0.2) is 24.3 Å². The van der Waals surface area contributed by atoms with Gasteiger partial charge in [-0.1, -0.05) is 0 Å². The second-order valence-corrected chi connectivity index (χ2v) is 7.90. The molecule has 2 heterocycles. The summed E-state index contributed by atoms with van der Waals surface area (Å²) in [5, 5.41) is 7.63. The number of aromatic nitrogens is 2. The maximum atomic E-state index is 13.2. The van der Waals surface area contributed by atoms with Crippen molar-refractivity contribution >= 4 is 6.03 Å². The Balaban J connectivity index is 1.43. The number of rotatable bonds is 4. The van der Waals surface area contributed by atoms with Crippen molar-refractivity contribution in [1.29, 1.82) is 0 Å². The first-order chi connectivity index (χ1) is 13.5. The Morgan fingerprint density at radius 2 is 1.86 bits per heavy atom. The third-order valence-electron chi connectivity index (χ3n) is 6.24. The van der Waals surface area contributed by atoms with E-state index < -0.39 is 0 Å². The molecule has 2 aromatic rings. The molecule has 2 amide bonds. The van der Waals surface area contributed by atoms with E-state index in [-0.39, 0.29) is 11.8 Å². The minimum atomic E-state index is -0.274. The summed E-state index contributed by atoms with van der Waals surface area (Å²) in [6, 6.07) is 6.22. The highest BCUT2D eigenvalue weighted by molar-refractivity contribution is 5.74. The average molecular weight is 386 g/mol. The zero-order valence-corrected chi connectivity index (χ0v) is 16.6. The van der Waals surface area contributed by atoms with E-state index in [1.54, 1.807) is 23.9 Å². The van der Waals surface area contributed by atoms with Gasteiger partial charge in [0.15, 0.2) is 0 Å². The maximum Gasteiger partial charge on any atom is 0.317 e. The Labute approximate surface area is 164 Å². The zero-order valence-electron chi connectivity index (χ0n) is 16.6. The zero-order chi connectivity index (χ0) is 19.8. The number of amides is 2. The number of aryl methyl sites for hydroxylation is 1. The smallest absolute Gasteiger partial charge is 0.317 e. The van der Waals surface area contributed by atoms with E-state index in [1.165, 1.54) is 12.1 Å². The van der Waals surface area contributed by atoms with E-state index in [9.17, 15) is 9.18 Å². The number of fused-ring (bicyclic) bond motifs is 2. The Bertz CT molecular complexity index is 850. The molecule has 0 spiro atoms. The molecular formula is C21H27FN4O2. The number of carbonyl (C=O) groups is 1. The van der Waals surface area contributed by atoms with Crippen molar-refractivity contribution < 1.29 is 13.9 Å². The number of urea groups is 1. The van der Waals surface area contributed by atoms with E-state index in [1.807, 2.05) is 18.7 Å². The van der Waals surface area contributed by atoms with Crippen LogP contribution in [0.3, 0.4) is 0 Å². The first kappa shape index (κ1) is 18.9. The Kier molecular flexibility index (Phi) is 5.10. The van der Waals surface area contributed by atoms with Crippen LogP contribution in [-0.2, 0) is 11.3 Å². The summed E-state index contributed by atoms with van der Waals surface area (Å²) in [7, 11) is 1.77. The predicted molar refractivity (Wildman–Crippen MR) is 104 cm³/mol. The molecular weight excluding hydrogens is 359 g/mol. The van der Waals surface area contributed by atoms with Crippen LogP contribution in [0.5, 0.6) is 0 Å². The summed E-state index contributed by atoms with van der Waals surface area (Å²) >= 11 is 0. The SMILES string of the molecule is COC1C2CCC1CN(C(=O)NCc1c(C)nn(-c3ccc(F)cc3)c1C)C2. The minimum Gasteiger partial charge on any atom is -0.381 e. The predicted octanol–water partition coefficient (Wildman–Crippen LogP) is 3.19. The van der Waals surface area contributed by atoms with Gasteiger partial charge in [0.1, 0.15) is 5.82 Å². The van der Waals surface area contributed by atoms with Crippen LogP contribution in [0.25, 0.3) is 5.69 Å². The monoisotopic (exact) mass is 386 g/mol. The number of piperidine rings is 1. The Morgan fingerprint density at radius 3 is 2.46 bits per heavy atom. The molecule has 7 heteroatoms. The highest BCUT2D eigenvalue weighted by Crippen LogP contribution is 2.38. The van der Waals surface area contributed by atoms with Crippen LogP contribution in [0.4, 0.5) is 9.18 Å². The molecule has 150 valence electrons. The van der Waals surface area contributed by atoms with Gasteiger partial charge in [0.2, 0.25) is 0 Å². The molecule has 2 fully saturated rings. The number of nitrogens with zero attached hydrogens (tertiary/aromatic N) is 3. The minimum absolute atomic E-state index is 0.0280. The first-order valence-electron chi connectivity index (χ1n) is 9.84. The second kappa shape index (κ2) is 7.54. The summed E-state index contributed by atoms with van der Waals surface area (Å²) in [5.74, 6) is 0.613. The molecule has 28 heavy (non-hydrogen) atoms. The molecule has 1 aliphatic heterocycles. The Morgan fingerprint density at radius 1 is 1.21 bits per heavy atom. The van der Waals surface area contributed by atoms with Crippen LogP contribution in [0.2, 0.25) is 0 Å².